The van der Waals surface area contributed by atoms with Gasteiger partial charge in [-0.05, 0) is 57.8 Å². The summed E-state index contributed by atoms with van der Waals surface area (Å²) in [6.45, 7) is 4.83. The lowest BCUT2D eigenvalue weighted by Gasteiger charge is -2.21. The van der Waals surface area contributed by atoms with E-state index in [1.807, 2.05) is 0 Å². The van der Waals surface area contributed by atoms with E-state index in [1.54, 1.807) is 0 Å². The molecule has 0 aromatic heterocycles. The highest BCUT2D eigenvalue weighted by atomic mass is 31.2. The van der Waals surface area contributed by atoms with Gasteiger partial charge in [-0.25, -0.2) is 9.13 Å². The van der Waals surface area contributed by atoms with Crippen LogP contribution in [0.15, 0.2) is 36.5 Å². The zero-order chi connectivity index (χ0) is 70.4. The summed E-state index contributed by atoms with van der Waals surface area (Å²) < 4.78 is 68.5. The molecule has 0 aromatic rings. The van der Waals surface area contributed by atoms with E-state index in [0.29, 0.717) is 25.7 Å². The third kappa shape index (κ3) is 69.7. The van der Waals surface area contributed by atoms with Crippen molar-refractivity contribution in [1.82, 2.24) is 0 Å². The molecule has 564 valence electrons. The molecule has 0 heterocycles. The number of hydrogen-bond acceptors (Lipinski definition) is 15. The quantitative estimate of drug-likeness (QED) is 0.0169. The van der Waals surface area contributed by atoms with Crippen molar-refractivity contribution in [3.8, 4) is 0 Å². The molecule has 5 unspecified atom stereocenters. The molecule has 0 aliphatic carbocycles. The van der Waals surface area contributed by atoms with E-state index in [4.69, 9.17) is 37.0 Å². The van der Waals surface area contributed by atoms with Crippen molar-refractivity contribution in [3.05, 3.63) is 36.5 Å². The summed E-state index contributed by atoms with van der Waals surface area (Å²) in [5.41, 5.74) is 0. The van der Waals surface area contributed by atoms with E-state index in [-0.39, 0.29) is 25.7 Å². The van der Waals surface area contributed by atoms with Crippen LogP contribution in [0.3, 0.4) is 0 Å². The van der Waals surface area contributed by atoms with Gasteiger partial charge < -0.3 is 33.8 Å². The maximum atomic E-state index is 13.1. The first-order chi connectivity index (χ1) is 46.7. The number of esters is 4. The summed E-state index contributed by atoms with van der Waals surface area (Å²) in [7, 11) is -9.92. The van der Waals surface area contributed by atoms with E-state index in [1.165, 1.54) is 173 Å². The van der Waals surface area contributed by atoms with Crippen LogP contribution in [0.5, 0.6) is 0 Å². The number of ether oxygens (including phenoxy) is 4. The van der Waals surface area contributed by atoms with Gasteiger partial charge in [0.1, 0.15) is 19.3 Å². The fourth-order valence-corrected chi connectivity index (χ4v) is 12.8. The Balaban J connectivity index is 5.28. The zero-order valence-corrected chi connectivity index (χ0v) is 63.4. The average molecular weight is 1400 g/mol. The first kappa shape index (κ1) is 93.3. The minimum atomic E-state index is -4.97. The van der Waals surface area contributed by atoms with Gasteiger partial charge in [0, 0.05) is 25.7 Å². The number of hydrogen-bond donors (Lipinski definition) is 3. The Morgan fingerprint density at radius 2 is 0.542 bits per heavy atom. The van der Waals surface area contributed by atoms with Gasteiger partial charge in [-0.1, -0.05) is 327 Å². The van der Waals surface area contributed by atoms with Crippen LogP contribution in [0.4, 0.5) is 0 Å². The number of carbonyl (C=O) groups excluding carboxylic acids is 4. The van der Waals surface area contributed by atoms with Gasteiger partial charge in [0.25, 0.3) is 0 Å². The summed E-state index contributed by atoms with van der Waals surface area (Å²) in [5, 5.41) is 10.6. The van der Waals surface area contributed by atoms with Crippen LogP contribution < -0.4 is 0 Å². The highest BCUT2D eigenvalue weighted by Gasteiger charge is 2.30. The van der Waals surface area contributed by atoms with E-state index in [9.17, 15) is 43.2 Å². The minimum absolute atomic E-state index is 0.0999. The monoisotopic (exact) mass is 1400 g/mol. The molecule has 0 aromatic carbocycles. The number of allylic oxidation sites excluding steroid dienone is 6. The van der Waals surface area contributed by atoms with Crippen molar-refractivity contribution < 1.29 is 80.2 Å². The number of phosphoric acid groups is 2. The summed E-state index contributed by atoms with van der Waals surface area (Å²) in [6, 6.07) is 0. The molecule has 19 heteroatoms. The molecule has 96 heavy (non-hydrogen) atoms. The molecular weight excluding hydrogens is 1260 g/mol. The number of rotatable bonds is 75. The van der Waals surface area contributed by atoms with Crippen LogP contribution in [-0.4, -0.2) is 96.7 Å². The first-order valence-electron chi connectivity index (χ1n) is 39.2. The van der Waals surface area contributed by atoms with Crippen molar-refractivity contribution >= 4 is 39.5 Å². The fourth-order valence-electron chi connectivity index (χ4n) is 11.2. The Bertz CT molecular complexity index is 1970. The van der Waals surface area contributed by atoms with Gasteiger partial charge in [-0.3, -0.25) is 37.3 Å². The number of phosphoric ester groups is 2. The average Bonchev–Trinajstić information content (AvgIpc) is 1.09. The number of carbonyl (C=O) groups is 4. The SMILES string of the molecule is CC/C=C\C/C=C\C/C=C\CCCCCCCC(=O)OCC(COP(=O)(O)OCC(O)COP(=O)(O)OCC(COC(=O)CCCCCCCCCCCCCCCCC)OC(=O)CCCCCCCCCCCCC)OC(=O)CCCCCCCCCCCCCCCCC. The van der Waals surface area contributed by atoms with E-state index >= 15 is 0 Å². The fraction of sp³-hybridized carbons (Fsp3) is 0.870. The van der Waals surface area contributed by atoms with Gasteiger partial charge >= 0.3 is 39.5 Å². The Morgan fingerprint density at radius 1 is 0.302 bits per heavy atom. The summed E-state index contributed by atoms with van der Waals surface area (Å²) in [5.74, 6) is -2.15. The standard InChI is InChI=1S/C77H144O17P2/c1-5-9-13-17-21-25-29-32-35-38-42-45-49-53-57-61-74(79)87-67-72(93-76(81)63-59-55-51-47-41-28-24-20-16-12-8-4)69-91-95(83,84)89-65-71(78)66-90-96(85,86)92-70-73(94-77(82)64-60-56-52-48-44-40-37-34-31-27-23-19-15-11-7-3)68-88-75(80)62-58-54-50-46-43-39-36-33-30-26-22-18-14-10-6-2/h10,14,22,26,33,36,71-73,78H,5-9,11-13,15-21,23-25,27-32,34-35,37-70H2,1-4H3,(H,83,84)(H,85,86)/b14-10-,26-22-,36-33-. The second-order valence-electron chi connectivity index (χ2n) is 26.6. The van der Waals surface area contributed by atoms with Crippen molar-refractivity contribution in [2.75, 3.05) is 39.6 Å². The molecule has 0 rings (SSSR count). The highest BCUT2D eigenvalue weighted by Crippen LogP contribution is 2.45. The zero-order valence-electron chi connectivity index (χ0n) is 61.6. The van der Waals surface area contributed by atoms with E-state index in [0.717, 1.165) is 122 Å². The van der Waals surface area contributed by atoms with Crippen LogP contribution in [0, 0.1) is 0 Å². The molecule has 0 bridgehead atoms. The number of unbranched alkanes of at least 4 members (excludes halogenated alkanes) is 43. The van der Waals surface area contributed by atoms with Gasteiger partial charge in [0.15, 0.2) is 12.2 Å². The molecule has 5 atom stereocenters. The Kier molecular flexibility index (Phi) is 68.7. The maximum absolute atomic E-state index is 13.1. The van der Waals surface area contributed by atoms with Crippen LogP contribution in [0.2, 0.25) is 0 Å². The van der Waals surface area contributed by atoms with Crippen molar-refractivity contribution in [1.29, 1.82) is 0 Å². The second-order valence-corrected chi connectivity index (χ2v) is 29.6. The lowest BCUT2D eigenvalue weighted by Crippen LogP contribution is -2.30. The maximum Gasteiger partial charge on any atom is 0.472 e. The Hall–Kier alpha value is -2.72. The van der Waals surface area contributed by atoms with Gasteiger partial charge in [-0.2, -0.15) is 0 Å². The molecule has 0 fully saturated rings. The molecule has 0 spiro atoms. The topological polar surface area (TPSA) is 237 Å². The van der Waals surface area contributed by atoms with Crippen molar-refractivity contribution in [3.63, 3.8) is 0 Å². The van der Waals surface area contributed by atoms with Crippen LogP contribution in [-0.2, 0) is 65.4 Å². The Morgan fingerprint density at radius 3 is 0.833 bits per heavy atom. The molecule has 0 saturated carbocycles. The minimum Gasteiger partial charge on any atom is -0.462 e. The first-order valence-corrected chi connectivity index (χ1v) is 42.2. The van der Waals surface area contributed by atoms with Crippen LogP contribution in [0.1, 0.15) is 374 Å². The van der Waals surface area contributed by atoms with E-state index < -0.39 is 97.5 Å². The van der Waals surface area contributed by atoms with Gasteiger partial charge in [0.05, 0.1) is 26.4 Å². The predicted molar refractivity (Wildman–Crippen MR) is 391 cm³/mol. The van der Waals surface area contributed by atoms with E-state index in [2.05, 4.69) is 64.2 Å². The normalized spacial score (nSPS) is 14.1. The van der Waals surface area contributed by atoms with Gasteiger partial charge in [0.2, 0.25) is 0 Å². The summed E-state index contributed by atoms with van der Waals surface area (Å²) in [6.07, 6.45) is 65.6. The molecule has 17 nitrogen and oxygen atoms in total. The molecule has 0 radical (unpaired) electrons. The Labute approximate surface area is 585 Å². The summed E-state index contributed by atoms with van der Waals surface area (Å²) in [4.78, 5) is 72.8. The van der Waals surface area contributed by atoms with Gasteiger partial charge in [-0.15, -0.1) is 0 Å². The second kappa shape index (κ2) is 70.7. The van der Waals surface area contributed by atoms with Crippen LogP contribution in [0.25, 0.3) is 0 Å². The van der Waals surface area contributed by atoms with Crippen LogP contribution >= 0.6 is 15.6 Å². The lowest BCUT2D eigenvalue weighted by molar-refractivity contribution is -0.161. The molecule has 0 saturated heterocycles. The highest BCUT2D eigenvalue weighted by molar-refractivity contribution is 7.47. The third-order valence-electron chi connectivity index (χ3n) is 17.1. The summed E-state index contributed by atoms with van der Waals surface area (Å²) >= 11 is 0. The van der Waals surface area contributed by atoms with Crippen molar-refractivity contribution in [2.45, 2.75) is 393 Å². The molecular formula is C77H144O17P2. The number of aliphatic hydroxyl groups is 1. The predicted octanol–water partition coefficient (Wildman–Crippen LogP) is 22.3. The third-order valence-corrected chi connectivity index (χ3v) is 19.1. The molecule has 0 aliphatic rings. The van der Waals surface area contributed by atoms with Crippen molar-refractivity contribution in [2.24, 2.45) is 0 Å². The molecule has 0 aliphatic heterocycles. The molecule has 0 amide bonds. The largest absolute Gasteiger partial charge is 0.472 e. The smallest absolute Gasteiger partial charge is 0.462 e. The molecule has 3 N–H and O–H groups in total. The lowest BCUT2D eigenvalue weighted by atomic mass is 10.0. The number of aliphatic hydroxyl groups excluding tert-OH is 1.